The highest BCUT2D eigenvalue weighted by Gasteiger charge is 2.30. The number of aryl methyl sites for hydroxylation is 1. The van der Waals surface area contributed by atoms with Gasteiger partial charge in [0.05, 0.1) is 10.2 Å². The van der Waals surface area contributed by atoms with Crippen molar-refractivity contribution in [1.82, 2.24) is 4.98 Å². The maximum Gasteiger partial charge on any atom is 0.138 e. The summed E-state index contributed by atoms with van der Waals surface area (Å²) in [6.07, 6.45) is 0. The highest BCUT2D eigenvalue weighted by molar-refractivity contribution is 7.18. The third-order valence-electron chi connectivity index (χ3n) is 3.38. The lowest BCUT2D eigenvalue weighted by Gasteiger charge is -2.23. The molecule has 1 aromatic heterocycles. The lowest BCUT2D eigenvalue weighted by Crippen LogP contribution is -2.23. The molecule has 1 N–H and O–H groups in total. The number of rotatable bonds is 2. The highest BCUT2D eigenvalue weighted by Crippen LogP contribution is 2.35. The van der Waals surface area contributed by atoms with Crippen LogP contribution < -0.4 is 0 Å². The maximum atomic E-state index is 10.9. The topological polar surface area (TPSA) is 33.1 Å². The summed E-state index contributed by atoms with van der Waals surface area (Å²) in [5, 5.41) is 11.6. The van der Waals surface area contributed by atoms with Gasteiger partial charge < -0.3 is 5.11 Å². The SMILES string of the molecule is Cc1ccccc1C(C)(O)c1nc2ccccc2s1. The molecule has 2 nitrogen and oxygen atoms in total. The molecule has 0 saturated heterocycles. The number of hydrogen-bond donors (Lipinski definition) is 1. The minimum absolute atomic E-state index is 0.739. The lowest BCUT2D eigenvalue weighted by atomic mass is 9.93. The van der Waals surface area contributed by atoms with Crippen LogP contribution in [0.2, 0.25) is 0 Å². The predicted molar refractivity (Wildman–Crippen MR) is 79.5 cm³/mol. The molecule has 3 heteroatoms. The summed E-state index contributed by atoms with van der Waals surface area (Å²) in [4.78, 5) is 4.57. The van der Waals surface area contributed by atoms with E-state index < -0.39 is 5.60 Å². The largest absolute Gasteiger partial charge is 0.378 e. The molecule has 0 spiro atoms. The number of thiazole rings is 1. The second-order valence-electron chi connectivity index (χ2n) is 4.87. The number of para-hydroxylation sites is 1. The Morgan fingerprint density at radius 1 is 1.05 bits per heavy atom. The summed E-state index contributed by atoms with van der Waals surface area (Å²) in [7, 11) is 0. The Morgan fingerprint density at radius 3 is 2.47 bits per heavy atom. The first-order chi connectivity index (χ1) is 9.09. The van der Waals surface area contributed by atoms with E-state index in [1.54, 1.807) is 11.3 Å². The van der Waals surface area contributed by atoms with Crippen molar-refractivity contribution in [3.05, 3.63) is 64.7 Å². The van der Waals surface area contributed by atoms with Crippen molar-refractivity contribution in [2.75, 3.05) is 0 Å². The molecule has 3 aromatic rings. The number of aromatic nitrogens is 1. The van der Waals surface area contributed by atoms with Gasteiger partial charge in [-0.2, -0.15) is 0 Å². The first kappa shape index (κ1) is 12.3. The molecule has 0 bridgehead atoms. The van der Waals surface area contributed by atoms with Gasteiger partial charge in [0.25, 0.3) is 0 Å². The van der Waals surface area contributed by atoms with Crippen molar-refractivity contribution >= 4 is 21.6 Å². The first-order valence-corrected chi connectivity index (χ1v) is 7.05. The number of nitrogens with zero attached hydrogens (tertiary/aromatic N) is 1. The Hall–Kier alpha value is -1.71. The first-order valence-electron chi connectivity index (χ1n) is 6.23. The summed E-state index contributed by atoms with van der Waals surface area (Å²) in [6, 6.07) is 15.9. The highest BCUT2D eigenvalue weighted by atomic mass is 32.1. The van der Waals surface area contributed by atoms with E-state index >= 15 is 0 Å². The number of fused-ring (bicyclic) bond motifs is 1. The van der Waals surface area contributed by atoms with Gasteiger partial charge in [0.2, 0.25) is 0 Å². The van der Waals surface area contributed by atoms with Crippen molar-refractivity contribution in [2.24, 2.45) is 0 Å². The van der Waals surface area contributed by atoms with Gasteiger partial charge in [0.15, 0.2) is 0 Å². The van der Waals surface area contributed by atoms with Gasteiger partial charge in [-0.05, 0) is 37.1 Å². The van der Waals surface area contributed by atoms with Crippen molar-refractivity contribution in [3.8, 4) is 0 Å². The predicted octanol–water partition coefficient (Wildman–Crippen LogP) is 3.86. The Bertz CT molecular complexity index is 697. The van der Waals surface area contributed by atoms with Gasteiger partial charge in [-0.15, -0.1) is 11.3 Å². The third-order valence-corrected chi connectivity index (χ3v) is 4.63. The van der Waals surface area contributed by atoms with Gasteiger partial charge in [0, 0.05) is 0 Å². The smallest absolute Gasteiger partial charge is 0.138 e. The van der Waals surface area contributed by atoms with Gasteiger partial charge in [-0.1, -0.05) is 36.4 Å². The van der Waals surface area contributed by atoms with E-state index in [4.69, 9.17) is 0 Å². The van der Waals surface area contributed by atoms with Crippen LogP contribution in [-0.2, 0) is 5.60 Å². The van der Waals surface area contributed by atoms with E-state index in [-0.39, 0.29) is 0 Å². The molecule has 0 amide bonds. The lowest BCUT2D eigenvalue weighted by molar-refractivity contribution is 0.101. The fourth-order valence-electron chi connectivity index (χ4n) is 2.31. The average molecular weight is 269 g/mol. The molecule has 3 rings (SSSR count). The molecule has 96 valence electrons. The molecule has 1 atom stereocenters. The summed E-state index contributed by atoms with van der Waals surface area (Å²) >= 11 is 1.55. The zero-order valence-electron chi connectivity index (χ0n) is 10.9. The van der Waals surface area contributed by atoms with Crippen LogP contribution in [0.25, 0.3) is 10.2 Å². The average Bonchev–Trinajstić information content (AvgIpc) is 2.83. The van der Waals surface area contributed by atoms with Gasteiger partial charge in [-0.3, -0.25) is 0 Å². The Morgan fingerprint density at radius 2 is 1.74 bits per heavy atom. The molecule has 1 heterocycles. The molecular formula is C16H15NOS. The Kier molecular flexibility index (Phi) is 2.88. The molecule has 0 aliphatic heterocycles. The number of benzene rings is 2. The minimum Gasteiger partial charge on any atom is -0.378 e. The van der Waals surface area contributed by atoms with E-state index in [2.05, 4.69) is 4.98 Å². The fourth-order valence-corrected chi connectivity index (χ4v) is 3.34. The van der Waals surface area contributed by atoms with Gasteiger partial charge in [0.1, 0.15) is 10.6 Å². The van der Waals surface area contributed by atoms with E-state index in [0.29, 0.717) is 0 Å². The van der Waals surface area contributed by atoms with Crippen molar-refractivity contribution in [2.45, 2.75) is 19.4 Å². The van der Waals surface area contributed by atoms with E-state index in [1.807, 2.05) is 62.4 Å². The van der Waals surface area contributed by atoms with Crippen LogP contribution in [0.15, 0.2) is 48.5 Å². The van der Waals surface area contributed by atoms with Crippen LogP contribution in [-0.4, -0.2) is 10.1 Å². The molecule has 0 radical (unpaired) electrons. The molecule has 0 aliphatic rings. The molecule has 0 aliphatic carbocycles. The number of aliphatic hydroxyl groups is 1. The van der Waals surface area contributed by atoms with E-state index in [9.17, 15) is 5.11 Å². The van der Waals surface area contributed by atoms with Crippen LogP contribution in [0, 0.1) is 6.92 Å². The molecule has 1 unspecified atom stereocenters. The molecule has 0 fully saturated rings. The Balaban J connectivity index is 2.16. The van der Waals surface area contributed by atoms with Gasteiger partial charge in [-0.25, -0.2) is 4.98 Å². The third kappa shape index (κ3) is 2.05. The summed E-state index contributed by atoms with van der Waals surface area (Å²) in [5.41, 5.74) is 1.88. The van der Waals surface area contributed by atoms with Crippen molar-refractivity contribution in [3.63, 3.8) is 0 Å². The zero-order valence-corrected chi connectivity index (χ0v) is 11.7. The van der Waals surface area contributed by atoms with Gasteiger partial charge >= 0.3 is 0 Å². The van der Waals surface area contributed by atoms with Crippen LogP contribution in [0.1, 0.15) is 23.1 Å². The van der Waals surface area contributed by atoms with Crippen LogP contribution in [0.5, 0.6) is 0 Å². The molecule has 19 heavy (non-hydrogen) atoms. The summed E-state index contributed by atoms with van der Waals surface area (Å²) < 4.78 is 1.10. The second-order valence-corrected chi connectivity index (χ2v) is 5.90. The molecule has 0 saturated carbocycles. The standard InChI is InChI=1S/C16H15NOS/c1-11-7-3-4-8-12(11)16(2,18)15-17-13-9-5-6-10-14(13)19-15/h3-10,18H,1-2H3. The second kappa shape index (κ2) is 4.44. The normalized spacial score (nSPS) is 14.5. The fraction of sp³-hybridized carbons (Fsp3) is 0.188. The zero-order chi connectivity index (χ0) is 13.5. The monoisotopic (exact) mass is 269 g/mol. The van der Waals surface area contributed by atoms with E-state index in [1.165, 1.54) is 0 Å². The van der Waals surface area contributed by atoms with Crippen LogP contribution >= 0.6 is 11.3 Å². The van der Waals surface area contributed by atoms with Crippen LogP contribution in [0.3, 0.4) is 0 Å². The number of hydrogen-bond acceptors (Lipinski definition) is 3. The van der Waals surface area contributed by atoms with E-state index in [0.717, 1.165) is 26.4 Å². The van der Waals surface area contributed by atoms with Crippen LogP contribution in [0.4, 0.5) is 0 Å². The van der Waals surface area contributed by atoms with Crippen molar-refractivity contribution < 1.29 is 5.11 Å². The minimum atomic E-state index is -1.05. The molecular weight excluding hydrogens is 254 g/mol. The van der Waals surface area contributed by atoms with Crippen molar-refractivity contribution in [1.29, 1.82) is 0 Å². The quantitative estimate of drug-likeness (QED) is 0.766. The summed E-state index contributed by atoms with van der Waals surface area (Å²) in [5.74, 6) is 0. The molecule has 2 aromatic carbocycles. The Labute approximate surface area is 116 Å². The summed E-state index contributed by atoms with van der Waals surface area (Å²) in [6.45, 7) is 3.82. The maximum absolute atomic E-state index is 10.9.